The van der Waals surface area contributed by atoms with Crippen molar-refractivity contribution in [2.75, 3.05) is 6.54 Å². The van der Waals surface area contributed by atoms with Crippen LogP contribution in [0.3, 0.4) is 0 Å². The first-order chi connectivity index (χ1) is 9.16. The summed E-state index contributed by atoms with van der Waals surface area (Å²) in [6.45, 7) is 3.14. The summed E-state index contributed by atoms with van der Waals surface area (Å²) in [5.41, 5.74) is 1.57. The van der Waals surface area contributed by atoms with Crippen LogP contribution in [0.15, 0.2) is 35.1 Å². The SMILES string of the molecule is CC(O)CCCNCc1cc2ccccc2[nH]c1=O. The first kappa shape index (κ1) is 13.8. The zero-order chi connectivity index (χ0) is 13.7. The lowest BCUT2D eigenvalue weighted by Gasteiger charge is -2.07. The van der Waals surface area contributed by atoms with Gasteiger partial charge in [-0.1, -0.05) is 18.2 Å². The van der Waals surface area contributed by atoms with Crippen LogP contribution in [0.1, 0.15) is 25.3 Å². The van der Waals surface area contributed by atoms with Crippen LogP contribution in [-0.2, 0) is 6.54 Å². The molecule has 2 rings (SSSR count). The van der Waals surface area contributed by atoms with Crippen molar-refractivity contribution in [2.45, 2.75) is 32.4 Å². The van der Waals surface area contributed by atoms with Crippen LogP contribution in [0.4, 0.5) is 0 Å². The average molecular weight is 260 g/mol. The van der Waals surface area contributed by atoms with Crippen molar-refractivity contribution >= 4 is 10.9 Å². The largest absolute Gasteiger partial charge is 0.393 e. The smallest absolute Gasteiger partial charge is 0.252 e. The summed E-state index contributed by atoms with van der Waals surface area (Å²) >= 11 is 0. The van der Waals surface area contributed by atoms with Crippen LogP contribution in [-0.4, -0.2) is 22.7 Å². The van der Waals surface area contributed by atoms with Crippen molar-refractivity contribution in [2.24, 2.45) is 0 Å². The van der Waals surface area contributed by atoms with E-state index in [1.54, 1.807) is 6.92 Å². The Hall–Kier alpha value is -1.65. The Bertz CT molecular complexity index is 590. The van der Waals surface area contributed by atoms with E-state index in [4.69, 9.17) is 5.11 Å². The van der Waals surface area contributed by atoms with Gasteiger partial charge in [-0.3, -0.25) is 4.79 Å². The molecule has 0 aliphatic heterocycles. The highest BCUT2D eigenvalue weighted by Crippen LogP contribution is 2.09. The van der Waals surface area contributed by atoms with Gasteiger partial charge < -0.3 is 15.4 Å². The number of pyridine rings is 1. The van der Waals surface area contributed by atoms with Gasteiger partial charge in [0.25, 0.3) is 5.56 Å². The van der Waals surface area contributed by atoms with E-state index in [1.807, 2.05) is 30.3 Å². The van der Waals surface area contributed by atoms with Crippen molar-refractivity contribution in [1.82, 2.24) is 10.3 Å². The lowest BCUT2D eigenvalue weighted by Crippen LogP contribution is -2.22. The van der Waals surface area contributed by atoms with Crippen molar-refractivity contribution in [1.29, 1.82) is 0 Å². The zero-order valence-electron chi connectivity index (χ0n) is 11.1. The minimum atomic E-state index is -0.258. The molecule has 4 nitrogen and oxygen atoms in total. The minimum Gasteiger partial charge on any atom is -0.393 e. The number of nitrogens with one attached hydrogen (secondary N) is 2. The molecule has 0 radical (unpaired) electrons. The van der Waals surface area contributed by atoms with Crippen LogP contribution in [0.25, 0.3) is 10.9 Å². The van der Waals surface area contributed by atoms with Gasteiger partial charge in [0.1, 0.15) is 0 Å². The summed E-state index contributed by atoms with van der Waals surface area (Å²) in [7, 11) is 0. The standard InChI is InChI=1S/C15H20N2O2/c1-11(18)5-4-8-16-10-13-9-12-6-2-3-7-14(12)17-15(13)19/h2-3,6-7,9,11,16,18H,4-5,8,10H2,1H3,(H,17,19). The van der Waals surface area contributed by atoms with E-state index < -0.39 is 0 Å². The van der Waals surface area contributed by atoms with Crippen molar-refractivity contribution < 1.29 is 5.11 Å². The van der Waals surface area contributed by atoms with E-state index in [0.717, 1.165) is 35.9 Å². The van der Waals surface area contributed by atoms with Crippen LogP contribution in [0.2, 0.25) is 0 Å². The third kappa shape index (κ3) is 3.91. The minimum absolute atomic E-state index is 0.0401. The molecular weight excluding hydrogens is 240 g/mol. The number of benzene rings is 1. The van der Waals surface area contributed by atoms with E-state index >= 15 is 0 Å². The van der Waals surface area contributed by atoms with E-state index in [0.29, 0.717) is 6.54 Å². The molecule has 1 aromatic carbocycles. The first-order valence-electron chi connectivity index (χ1n) is 6.66. The zero-order valence-corrected chi connectivity index (χ0v) is 11.1. The summed E-state index contributed by atoms with van der Waals surface area (Å²) in [4.78, 5) is 14.8. The van der Waals surface area contributed by atoms with Crippen LogP contribution in [0, 0.1) is 0 Å². The maximum absolute atomic E-state index is 11.9. The van der Waals surface area contributed by atoms with Gasteiger partial charge in [0, 0.05) is 17.6 Å². The fourth-order valence-corrected chi connectivity index (χ4v) is 2.07. The number of aliphatic hydroxyl groups is 1. The first-order valence-corrected chi connectivity index (χ1v) is 6.66. The Labute approximate surface area is 112 Å². The highest BCUT2D eigenvalue weighted by molar-refractivity contribution is 5.78. The third-order valence-electron chi connectivity index (χ3n) is 3.12. The molecule has 0 amide bonds. The molecule has 0 bridgehead atoms. The molecule has 1 heterocycles. The molecule has 4 heteroatoms. The topological polar surface area (TPSA) is 65.1 Å². The van der Waals surface area contributed by atoms with Gasteiger partial charge in [0.2, 0.25) is 0 Å². The summed E-state index contributed by atoms with van der Waals surface area (Å²) in [6, 6.07) is 9.68. The fraction of sp³-hybridized carbons (Fsp3) is 0.400. The van der Waals surface area contributed by atoms with Crippen molar-refractivity contribution in [3.8, 4) is 0 Å². The molecule has 1 atom stereocenters. The number of para-hydroxylation sites is 1. The van der Waals surface area contributed by atoms with Crippen LogP contribution in [0.5, 0.6) is 0 Å². The summed E-state index contributed by atoms with van der Waals surface area (Å²) < 4.78 is 0. The monoisotopic (exact) mass is 260 g/mol. The van der Waals surface area contributed by atoms with E-state index in [2.05, 4.69) is 10.3 Å². The Balaban J connectivity index is 1.97. The second-order valence-corrected chi connectivity index (χ2v) is 4.88. The highest BCUT2D eigenvalue weighted by atomic mass is 16.3. The average Bonchev–Trinajstić information content (AvgIpc) is 2.38. The van der Waals surface area contributed by atoms with Crippen molar-refractivity contribution in [3.63, 3.8) is 0 Å². The van der Waals surface area contributed by atoms with E-state index in [1.165, 1.54) is 0 Å². The van der Waals surface area contributed by atoms with E-state index in [-0.39, 0.29) is 11.7 Å². The molecule has 0 saturated carbocycles. The highest BCUT2D eigenvalue weighted by Gasteiger charge is 2.02. The van der Waals surface area contributed by atoms with Gasteiger partial charge in [-0.2, -0.15) is 0 Å². The number of aromatic amines is 1. The normalized spacial score (nSPS) is 12.7. The maximum atomic E-state index is 11.9. The molecule has 0 aliphatic rings. The van der Waals surface area contributed by atoms with Gasteiger partial charge in [0.05, 0.1) is 6.10 Å². The van der Waals surface area contributed by atoms with Crippen LogP contribution < -0.4 is 10.9 Å². The number of H-pyrrole nitrogens is 1. The van der Waals surface area contributed by atoms with Gasteiger partial charge in [-0.15, -0.1) is 0 Å². The molecule has 0 spiro atoms. The summed E-state index contributed by atoms with van der Waals surface area (Å²) in [5.74, 6) is 0. The predicted molar refractivity (Wildman–Crippen MR) is 77.2 cm³/mol. The molecule has 0 saturated heterocycles. The molecular formula is C15H20N2O2. The lowest BCUT2D eigenvalue weighted by atomic mass is 10.1. The second kappa shape index (κ2) is 6.50. The number of hydrogen-bond donors (Lipinski definition) is 3. The summed E-state index contributed by atoms with van der Waals surface area (Å²) in [5, 5.41) is 13.4. The molecule has 1 unspecified atom stereocenters. The predicted octanol–water partition coefficient (Wildman–Crippen LogP) is 1.78. The number of rotatable bonds is 6. The Morgan fingerprint density at radius 3 is 2.95 bits per heavy atom. The number of hydrogen-bond acceptors (Lipinski definition) is 3. The molecule has 1 aromatic heterocycles. The molecule has 19 heavy (non-hydrogen) atoms. The lowest BCUT2D eigenvalue weighted by molar-refractivity contribution is 0.181. The number of aliphatic hydroxyl groups excluding tert-OH is 1. The molecule has 2 aromatic rings. The molecule has 0 aliphatic carbocycles. The third-order valence-corrected chi connectivity index (χ3v) is 3.12. The van der Waals surface area contributed by atoms with Gasteiger partial charge in [-0.25, -0.2) is 0 Å². The van der Waals surface area contributed by atoms with Gasteiger partial charge in [-0.05, 0) is 43.8 Å². The quantitative estimate of drug-likeness (QED) is 0.694. The number of fused-ring (bicyclic) bond motifs is 1. The Kier molecular flexibility index (Phi) is 4.71. The molecule has 102 valence electrons. The molecule has 3 N–H and O–H groups in total. The van der Waals surface area contributed by atoms with Gasteiger partial charge in [0.15, 0.2) is 0 Å². The number of aromatic nitrogens is 1. The Morgan fingerprint density at radius 2 is 2.16 bits per heavy atom. The fourth-order valence-electron chi connectivity index (χ4n) is 2.07. The second-order valence-electron chi connectivity index (χ2n) is 4.88. The van der Waals surface area contributed by atoms with Crippen LogP contribution >= 0.6 is 0 Å². The molecule has 0 fully saturated rings. The summed E-state index contributed by atoms with van der Waals surface area (Å²) in [6.07, 6.45) is 1.43. The van der Waals surface area contributed by atoms with Gasteiger partial charge >= 0.3 is 0 Å². The van der Waals surface area contributed by atoms with Crippen molar-refractivity contribution in [3.05, 3.63) is 46.2 Å². The van der Waals surface area contributed by atoms with E-state index in [9.17, 15) is 4.79 Å². The maximum Gasteiger partial charge on any atom is 0.252 e. The Morgan fingerprint density at radius 1 is 1.37 bits per heavy atom.